The van der Waals surface area contributed by atoms with Gasteiger partial charge in [0.15, 0.2) is 5.78 Å². The first kappa shape index (κ1) is 20.7. The molecule has 6 nitrogen and oxygen atoms in total. The van der Waals surface area contributed by atoms with E-state index in [0.717, 1.165) is 19.3 Å². The lowest BCUT2D eigenvalue weighted by Gasteiger charge is -2.60. The quantitative estimate of drug-likeness (QED) is 0.471. The van der Waals surface area contributed by atoms with E-state index in [1.54, 1.807) is 0 Å². The van der Waals surface area contributed by atoms with Gasteiger partial charge in [-0.25, -0.2) is 0 Å². The van der Waals surface area contributed by atoms with E-state index in [1.165, 1.54) is 5.57 Å². The number of Topliss-reactive ketones (excluding diaryl/α,β-unsaturated/α-hetero) is 1. The summed E-state index contributed by atoms with van der Waals surface area (Å²) in [5.74, 6) is -1.59. The van der Waals surface area contributed by atoms with E-state index in [4.69, 9.17) is 4.74 Å². The molecule has 11 atom stereocenters. The Hall–Kier alpha value is -1.24. The number of aliphatic hydroxyl groups is 2. The van der Waals surface area contributed by atoms with Gasteiger partial charge in [0.25, 0.3) is 0 Å². The average Bonchev–Trinajstić information content (AvgIpc) is 3.16. The maximum absolute atomic E-state index is 13.9. The minimum Gasteiger partial charge on any atom is -0.390 e. The number of carbonyl (C=O) groups excluding carboxylic acids is 2. The fraction of sp³-hybridized carbons (Fsp3) is 0.833. The van der Waals surface area contributed by atoms with E-state index in [-0.39, 0.29) is 47.5 Å². The molecule has 1 amide bonds. The third-order valence-corrected chi connectivity index (χ3v) is 9.27. The first-order valence-corrected chi connectivity index (χ1v) is 11.6. The summed E-state index contributed by atoms with van der Waals surface area (Å²) in [6.45, 7) is 10.5. The summed E-state index contributed by atoms with van der Waals surface area (Å²) in [6, 6.07) is -0.0927. The number of amides is 1. The van der Waals surface area contributed by atoms with Crippen LogP contribution in [-0.2, 0) is 14.3 Å². The molecule has 1 spiro atoms. The molecule has 4 fully saturated rings. The number of nitrogens with one attached hydrogen (secondary N) is 1. The van der Waals surface area contributed by atoms with Crippen molar-refractivity contribution in [1.82, 2.24) is 5.32 Å². The number of ketones is 1. The minimum atomic E-state index is -1.34. The van der Waals surface area contributed by atoms with Crippen LogP contribution in [0.15, 0.2) is 11.6 Å². The van der Waals surface area contributed by atoms with Crippen LogP contribution in [0.2, 0.25) is 0 Å². The SMILES string of the molecule is CC1=C[C@@H]2[C@@H]3[C@H]([C@H](O)[C@H]4CC[C@]3(C)O4)[C@@H](O)C(=O)[C@]23C(=O)N[C@@H](CC(C)C)[C@@H]3[C@@H]1C. The monoisotopic (exact) mass is 417 g/mol. The van der Waals surface area contributed by atoms with Crippen molar-refractivity contribution in [3.63, 3.8) is 0 Å². The third kappa shape index (κ3) is 2.31. The molecule has 2 bridgehead atoms. The van der Waals surface area contributed by atoms with Crippen LogP contribution in [0.1, 0.15) is 53.9 Å². The average molecular weight is 418 g/mol. The van der Waals surface area contributed by atoms with Gasteiger partial charge in [-0.05, 0) is 44.9 Å². The Balaban J connectivity index is 1.71. The van der Waals surface area contributed by atoms with Crippen molar-refractivity contribution < 1.29 is 24.5 Å². The molecule has 2 aliphatic carbocycles. The Morgan fingerprint density at radius 3 is 2.63 bits per heavy atom. The highest BCUT2D eigenvalue weighted by molar-refractivity contribution is 6.11. The predicted molar refractivity (Wildman–Crippen MR) is 110 cm³/mol. The van der Waals surface area contributed by atoms with E-state index in [2.05, 4.69) is 39.1 Å². The molecule has 0 aromatic rings. The number of allylic oxidation sites excluding steroid dienone is 2. The second kappa shape index (κ2) is 6.39. The van der Waals surface area contributed by atoms with E-state index in [1.807, 2.05) is 6.92 Å². The zero-order valence-corrected chi connectivity index (χ0v) is 18.6. The zero-order valence-electron chi connectivity index (χ0n) is 18.6. The maximum Gasteiger partial charge on any atom is 0.235 e. The third-order valence-electron chi connectivity index (χ3n) is 9.27. The summed E-state index contributed by atoms with van der Waals surface area (Å²) in [6.07, 6.45) is 1.84. The Morgan fingerprint density at radius 1 is 1.27 bits per heavy atom. The lowest BCUT2D eigenvalue weighted by Crippen LogP contribution is -2.71. The van der Waals surface area contributed by atoms with Gasteiger partial charge in [0.05, 0.1) is 17.8 Å². The highest BCUT2D eigenvalue weighted by Gasteiger charge is 2.76. The lowest BCUT2D eigenvalue weighted by molar-refractivity contribution is -0.240. The van der Waals surface area contributed by atoms with Crippen molar-refractivity contribution in [2.45, 2.75) is 83.8 Å². The highest BCUT2D eigenvalue weighted by atomic mass is 16.5. The molecule has 5 aliphatic rings. The molecule has 0 aromatic carbocycles. The van der Waals surface area contributed by atoms with Gasteiger partial charge >= 0.3 is 0 Å². The number of aliphatic hydroxyl groups excluding tert-OH is 2. The van der Waals surface area contributed by atoms with Crippen molar-refractivity contribution in [2.75, 3.05) is 0 Å². The molecule has 3 aliphatic heterocycles. The molecule has 30 heavy (non-hydrogen) atoms. The molecule has 166 valence electrons. The summed E-state index contributed by atoms with van der Waals surface area (Å²) in [7, 11) is 0. The molecule has 0 radical (unpaired) electrons. The summed E-state index contributed by atoms with van der Waals surface area (Å²) < 4.78 is 6.30. The number of ether oxygens (including phenoxy) is 1. The molecule has 3 heterocycles. The Bertz CT molecular complexity index is 822. The molecular formula is C24H35NO5. The molecular weight excluding hydrogens is 382 g/mol. The van der Waals surface area contributed by atoms with Crippen LogP contribution < -0.4 is 5.32 Å². The molecule has 3 N–H and O–H groups in total. The normalized spacial score (nSPS) is 54.4. The van der Waals surface area contributed by atoms with Gasteiger partial charge in [-0.15, -0.1) is 0 Å². The second-order valence-electron chi connectivity index (χ2n) is 11.2. The second-order valence-corrected chi connectivity index (χ2v) is 11.2. The lowest BCUT2D eigenvalue weighted by atomic mass is 9.44. The van der Waals surface area contributed by atoms with Crippen LogP contribution in [0.3, 0.4) is 0 Å². The van der Waals surface area contributed by atoms with Gasteiger partial charge in [-0.3, -0.25) is 9.59 Å². The van der Waals surface area contributed by atoms with Gasteiger partial charge in [-0.1, -0.05) is 32.4 Å². The standard InChI is InChI=1S/C24H35NO5/c1-10(2)8-14-17-12(4)11(3)9-13-18-16(19(26)15-6-7-23(18,5)30-15)20(27)21(28)24(13,17)22(29)25-14/h9-10,12-20,26-27H,6-8H2,1-5H3,(H,25,29)/t12-,13-,14+,15-,16-,17+,18-,19-,20-,23+,24+/m1/s1. The van der Waals surface area contributed by atoms with Crippen molar-refractivity contribution in [3.8, 4) is 0 Å². The van der Waals surface area contributed by atoms with Crippen LogP contribution in [0.5, 0.6) is 0 Å². The van der Waals surface area contributed by atoms with Gasteiger partial charge in [-0.2, -0.15) is 0 Å². The number of rotatable bonds is 2. The smallest absolute Gasteiger partial charge is 0.235 e. The fourth-order valence-corrected chi connectivity index (χ4v) is 8.02. The van der Waals surface area contributed by atoms with Crippen LogP contribution in [-0.4, -0.2) is 51.9 Å². The molecule has 5 rings (SSSR count). The zero-order chi connectivity index (χ0) is 21.7. The van der Waals surface area contributed by atoms with Crippen molar-refractivity contribution in [2.24, 2.45) is 40.9 Å². The Labute approximate surface area is 178 Å². The summed E-state index contributed by atoms with van der Waals surface area (Å²) in [5, 5.41) is 25.5. The van der Waals surface area contributed by atoms with Crippen LogP contribution in [0.25, 0.3) is 0 Å². The van der Waals surface area contributed by atoms with Gasteiger partial charge in [0.1, 0.15) is 11.5 Å². The topological polar surface area (TPSA) is 95.9 Å². The highest BCUT2D eigenvalue weighted by Crippen LogP contribution is 2.65. The van der Waals surface area contributed by atoms with Crippen LogP contribution >= 0.6 is 0 Å². The van der Waals surface area contributed by atoms with Gasteiger partial charge < -0.3 is 20.3 Å². The van der Waals surface area contributed by atoms with E-state index in [9.17, 15) is 19.8 Å². The van der Waals surface area contributed by atoms with Gasteiger partial charge in [0.2, 0.25) is 5.91 Å². The number of hydrogen-bond acceptors (Lipinski definition) is 5. The Kier molecular flexibility index (Phi) is 4.40. The van der Waals surface area contributed by atoms with Crippen molar-refractivity contribution in [3.05, 3.63) is 11.6 Å². The fourth-order valence-electron chi connectivity index (χ4n) is 8.02. The maximum atomic E-state index is 13.9. The van der Waals surface area contributed by atoms with Crippen molar-refractivity contribution in [1.29, 1.82) is 0 Å². The Morgan fingerprint density at radius 2 is 1.97 bits per heavy atom. The van der Waals surface area contributed by atoms with E-state index in [0.29, 0.717) is 5.92 Å². The molecule has 3 saturated heterocycles. The summed E-state index contributed by atoms with van der Waals surface area (Å²) in [5.41, 5.74) is -0.640. The minimum absolute atomic E-state index is 0.0650. The van der Waals surface area contributed by atoms with Crippen LogP contribution in [0.4, 0.5) is 0 Å². The predicted octanol–water partition coefficient (Wildman–Crippen LogP) is 1.83. The molecule has 0 aromatic heterocycles. The van der Waals surface area contributed by atoms with Crippen LogP contribution in [0, 0.1) is 40.9 Å². The molecule has 0 unspecified atom stereocenters. The molecule has 1 saturated carbocycles. The first-order valence-electron chi connectivity index (χ1n) is 11.6. The van der Waals surface area contributed by atoms with Gasteiger partial charge in [0, 0.05) is 29.7 Å². The first-order chi connectivity index (χ1) is 14.0. The van der Waals surface area contributed by atoms with E-state index >= 15 is 0 Å². The largest absolute Gasteiger partial charge is 0.390 e. The summed E-state index contributed by atoms with van der Waals surface area (Å²) in [4.78, 5) is 27.6. The number of fused-ring (bicyclic) bond motifs is 5. The number of carbonyl (C=O) groups is 2. The van der Waals surface area contributed by atoms with E-state index < -0.39 is 29.1 Å². The molecule has 6 heteroatoms. The number of hydrogen-bond donors (Lipinski definition) is 3. The van der Waals surface area contributed by atoms with Crippen molar-refractivity contribution >= 4 is 11.7 Å². The summed E-state index contributed by atoms with van der Waals surface area (Å²) >= 11 is 0.